The highest BCUT2D eigenvalue weighted by Crippen LogP contribution is 2.33. The number of anilines is 1. The van der Waals surface area contributed by atoms with Gasteiger partial charge in [-0.15, -0.1) is 10.2 Å². The van der Waals surface area contributed by atoms with Crippen molar-refractivity contribution >= 4 is 23.3 Å². The second-order valence-electron chi connectivity index (χ2n) is 8.37. The number of halogens is 1. The molecular formula is C24H28ClN5O. The first-order chi connectivity index (χ1) is 14.8. The van der Waals surface area contributed by atoms with Crippen molar-refractivity contribution in [3.63, 3.8) is 0 Å². The van der Waals surface area contributed by atoms with Crippen molar-refractivity contribution in [1.29, 1.82) is 0 Å². The number of nitrogens with zero attached hydrogens (tertiary/aromatic N) is 4. The number of likely N-dealkylation sites (tertiary alicyclic amines) is 1. The van der Waals surface area contributed by atoms with Crippen LogP contribution < -0.4 is 5.32 Å². The molecule has 4 rings (SSSR count). The van der Waals surface area contributed by atoms with E-state index in [0.29, 0.717) is 18.1 Å². The Kier molecular flexibility index (Phi) is 6.01. The molecule has 0 radical (unpaired) electrons. The normalized spacial score (nSPS) is 16.0. The van der Waals surface area contributed by atoms with Gasteiger partial charge >= 0.3 is 6.03 Å². The molecule has 0 saturated carbocycles. The summed E-state index contributed by atoms with van der Waals surface area (Å²) in [6.07, 6.45) is 1.81. The summed E-state index contributed by atoms with van der Waals surface area (Å²) in [7, 11) is 0. The van der Waals surface area contributed by atoms with Gasteiger partial charge in [-0.2, -0.15) is 0 Å². The van der Waals surface area contributed by atoms with Crippen molar-refractivity contribution in [2.75, 3.05) is 11.9 Å². The molecule has 1 aliphatic rings. The molecule has 6 nitrogen and oxygen atoms in total. The maximum atomic E-state index is 13.2. The molecule has 2 amide bonds. The molecule has 2 aromatic carbocycles. The molecule has 0 bridgehead atoms. The van der Waals surface area contributed by atoms with Gasteiger partial charge in [0.1, 0.15) is 5.82 Å². The van der Waals surface area contributed by atoms with E-state index in [4.69, 9.17) is 11.6 Å². The van der Waals surface area contributed by atoms with Crippen molar-refractivity contribution < 1.29 is 4.79 Å². The molecule has 1 aromatic heterocycles. The fourth-order valence-electron chi connectivity index (χ4n) is 4.45. The summed E-state index contributed by atoms with van der Waals surface area (Å²) >= 11 is 6.03. The van der Waals surface area contributed by atoms with E-state index in [2.05, 4.69) is 39.1 Å². The number of hydrogen-bond acceptors (Lipinski definition) is 3. The first-order valence-electron chi connectivity index (χ1n) is 10.6. The van der Waals surface area contributed by atoms with Crippen LogP contribution in [0.3, 0.4) is 0 Å². The molecule has 1 saturated heterocycles. The molecule has 1 atom stereocenters. The van der Waals surface area contributed by atoms with Gasteiger partial charge in [0.05, 0.1) is 12.6 Å². The van der Waals surface area contributed by atoms with Crippen LogP contribution in [0.25, 0.3) is 0 Å². The molecule has 3 aromatic rings. The monoisotopic (exact) mass is 437 g/mol. The SMILES string of the molecule is Cc1cc(C)c(NC(=O)N2CCCC2c2nnc(C)n2Cc2ccc(Cl)cc2)c(C)c1. The standard InChI is InChI=1S/C24H28ClN5O/c1-15-12-16(2)22(17(3)13-15)26-24(31)29-11-5-6-21(29)23-28-27-18(4)30(23)14-19-7-9-20(25)10-8-19/h7-10,12-13,21H,5-6,11,14H2,1-4H3,(H,26,31). The van der Waals surface area contributed by atoms with E-state index < -0.39 is 0 Å². The Morgan fingerprint density at radius 1 is 1.10 bits per heavy atom. The van der Waals surface area contributed by atoms with Crippen molar-refractivity contribution in [2.24, 2.45) is 0 Å². The smallest absolute Gasteiger partial charge is 0.314 e. The zero-order valence-corrected chi connectivity index (χ0v) is 19.2. The lowest BCUT2D eigenvalue weighted by molar-refractivity contribution is 0.203. The van der Waals surface area contributed by atoms with Gasteiger partial charge in [0.15, 0.2) is 5.82 Å². The fraction of sp³-hybridized carbons (Fsp3) is 0.375. The van der Waals surface area contributed by atoms with Gasteiger partial charge in [0.25, 0.3) is 0 Å². The molecule has 162 valence electrons. The van der Waals surface area contributed by atoms with Crippen LogP contribution in [0.15, 0.2) is 36.4 Å². The van der Waals surface area contributed by atoms with Crippen LogP contribution in [-0.2, 0) is 6.54 Å². The van der Waals surface area contributed by atoms with Crippen molar-refractivity contribution in [3.8, 4) is 0 Å². The van der Waals surface area contributed by atoms with Crippen LogP contribution in [0.4, 0.5) is 10.5 Å². The number of aromatic nitrogens is 3. The summed E-state index contributed by atoms with van der Waals surface area (Å²) in [5.74, 6) is 1.67. The lowest BCUT2D eigenvalue weighted by Gasteiger charge is -2.26. The van der Waals surface area contributed by atoms with Gasteiger partial charge in [-0.3, -0.25) is 0 Å². The molecule has 1 N–H and O–H groups in total. The number of benzene rings is 2. The third kappa shape index (κ3) is 4.44. The van der Waals surface area contributed by atoms with Gasteiger partial charge in [-0.1, -0.05) is 41.4 Å². The summed E-state index contributed by atoms with van der Waals surface area (Å²) in [6, 6.07) is 11.8. The van der Waals surface area contributed by atoms with Crippen molar-refractivity contribution in [3.05, 3.63) is 75.3 Å². The number of nitrogens with one attached hydrogen (secondary N) is 1. The number of urea groups is 1. The third-order valence-corrected chi connectivity index (χ3v) is 6.19. The van der Waals surface area contributed by atoms with Crippen molar-refractivity contribution in [1.82, 2.24) is 19.7 Å². The van der Waals surface area contributed by atoms with Gasteiger partial charge in [-0.25, -0.2) is 4.79 Å². The van der Waals surface area contributed by atoms with Crippen LogP contribution in [0.2, 0.25) is 5.02 Å². The highest BCUT2D eigenvalue weighted by Gasteiger charge is 2.34. The Hall–Kier alpha value is -2.86. The predicted molar refractivity (Wildman–Crippen MR) is 124 cm³/mol. The zero-order chi connectivity index (χ0) is 22.1. The summed E-state index contributed by atoms with van der Waals surface area (Å²) in [6.45, 7) is 9.43. The Morgan fingerprint density at radius 2 is 1.77 bits per heavy atom. The van der Waals surface area contributed by atoms with Crippen LogP contribution in [0.5, 0.6) is 0 Å². The van der Waals surface area contributed by atoms with E-state index in [1.54, 1.807) is 0 Å². The van der Waals surface area contributed by atoms with E-state index in [-0.39, 0.29) is 12.1 Å². The number of rotatable bonds is 4. The van der Waals surface area contributed by atoms with E-state index in [1.807, 2.05) is 49.9 Å². The summed E-state index contributed by atoms with van der Waals surface area (Å²) in [4.78, 5) is 15.1. The van der Waals surface area contributed by atoms with Crippen LogP contribution in [0.1, 0.15) is 52.8 Å². The number of aryl methyl sites for hydroxylation is 4. The number of hydrogen-bond donors (Lipinski definition) is 1. The fourth-order valence-corrected chi connectivity index (χ4v) is 4.57. The third-order valence-electron chi connectivity index (χ3n) is 5.94. The number of carbonyl (C=O) groups excluding carboxylic acids is 1. The van der Waals surface area contributed by atoms with E-state index in [9.17, 15) is 4.79 Å². The average molecular weight is 438 g/mol. The van der Waals surface area contributed by atoms with Gasteiger partial charge in [0, 0.05) is 17.3 Å². The molecule has 1 unspecified atom stereocenters. The maximum Gasteiger partial charge on any atom is 0.322 e. The topological polar surface area (TPSA) is 63.1 Å². The second kappa shape index (κ2) is 8.71. The lowest BCUT2D eigenvalue weighted by atomic mass is 10.1. The zero-order valence-electron chi connectivity index (χ0n) is 18.4. The van der Waals surface area contributed by atoms with Gasteiger partial charge in [0.2, 0.25) is 0 Å². The molecule has 31 heavy (non-hydrogen) atoms. The Bertz CT molecular complexity index is 1080. The molecule has 0 spiro atoms. The second-order valence-corrected chi connectivity index (χ2v) is 8.81. The molecule has 0 aliphatic carbocycles. The van der Waals surface area contributed by atoms with E-state index >= 15 is 0 Å². The predicted octanol–water partition coefficient (Wildman–Crippen LogP) is 5.58. The Morgan fingerprint density at radius 3 is 2.45 bits per heavy atom. The Labute approximate surface area is 188 Å². The highest BCUT2D eigenvalue weighted by atomic mass is 35.5. The number of amides is 2. The molecule has 1 fully saturated rings. The molecular weight excluding hydrogens is 410 g/mol. The highest BCUT2D eigenvalue weighted by molar-refractivity contribution is 6.30. The average Bonchev–Trinajstić information content (AvgIpc) is 3.33. The van der Waals surface area contributed by atoms with Crippen molar-refractivity contribution in [2.45, 2.75) is 53.1 Å². The molecule has 7 heteroatoms. The minimum atomic E-state index is -0.0976. The van der Waals surface area contributed by atoms with Crippen LogP contribution >= 0.6 is 11.6 Å². The summed E-state index contributed by atoms with van der Waals surface area (Å²) in [5, 5.41) is 12.6. The lowest BCUT2D eigenvalue weighted by Crippen LogP contribution is -2.36. The van der Waals surface area contributed by atoms with E-state index in [0.717, 1.165) is 46.9 Å². The minimum absolute atomic E-state index is 0.0868. The molecule has 1 aliphatic heterocycles. The minimum Gasteiger partial charge on any atom is -0.314 e. The van der Waals surface area contributed by atoms with Crippen LogP contribution in [0, 0.1) is 27.7 Å². The van der Waals surface area contributed by atoms with Crippen LogP contribution in [-0.4, -0.2) is 32.2 Å². The van der Waals surface area contributed by atoms with E-state index in [1.165, 1.54) is 5.56 Å². The number of carbonyl (C=O) groups is 1. The summed E-state index contributed by atoms with van der Waals surface area (Å²) < 4.78 is 2.10. The maximum absolute atomic E-state index is 13.2. The Balaban J connectivity index is 1.58. The van der Waals surface area contributed by atoms with Gasteiger partial charge in [-0.05, 0) is 69.4 Å². The summed E-state index contributed by atoms with van der Waals surface area (Å²) in [5.41, 5.74) is 5.35. The first-order valence-corrected chi connectivity index (χ1v) is 11.0. The first kappa shape index (κ1) is 21.4. The molecule has 2 heterocycles. The van der Waals surface area contributed by atoms with Gasteiger partial charge < -0.3 is 14.8 Å². The quantitative estimate of drug-likeness (QED) is 0.579. The largest absolute Gasteiger partial charge is 0.322 e.